The van der Waals surface area contributed by atoms with Crippen molar-refractivity contribution in [2.24, 2.45) is 0 Å². The topological polar surface area (TPSA) is 46.0 Å². The van der Waals surface area contributed by atoms with Crippen LogP contribution < -0.4 is 0 Å². The molecule has 1 fully saturated rings. The van der Waals surface area contributed by atoms with Crippen LogP contribution in [-0.4, -0.2) is 20.9 Å². The minimum Gasteiger partial charge on any atom is -0.390 e. The fraction of sp³-hybridized carbons (Fsp3) is 0.714. The maximum atomic E-state index is 9.44. The molecule has 0 atom stereocenters. The fourth-order valence-electron chi connectivity index (χ4n) is 1.54. The van der Waals surface area contributed by atoms with E-state index in [0.717, 1.165) is 17.8 Å². The highest BCUT2D eigenvalue weighted by molar-refractivity contribution is 7.09. The molecule has 1 saturated carbocycles. The van der Waals surface area contributed by atoms with E-state index >= 15 is 0 Å². The summed E-state index contributed by atoms with van der Waals surface area (Å²) in [6.45, 7) is 1.87. The van der Waals surface area contributed by atoms with E-state index < -0.39 is 5.60 Å². The van der Waals surface area contributed by atoms with Gasteiger partial charge in [0.05, 0.1) is 5.60 Å². The van der Waals surface area contributed by atoms with Gasteiger partial charge in [0.15, 0.2) is 0 Å². The molecule has 0 amide bonds. The van der Waals surface area contributed by atoms with Crippen molar-refractivity contribution in [2.45, 2.75) is 31.3 Å². The Hall–Kier alpha value is -0.480. The Morgan fingerprint density at radius 1 is 1.73 bits per heavy atom. The van der Waals surface area contributed by atoms with Crippen LogP contribution >= 0.6 is 11.3 Å². The number of aromatic nitrogens is 2. The summed E-state index contributed by atoms with van der Waals surface area (Å²) in [5, 5.41) is 18.2. The lowest BCUT2D eigenvalue weighted by atomic mass is 9.72. The summed E-state index contributed by atoms with van der Waals surface area (Å²) in [7, 11) is 0. The fourth-order valence-corrected chi connectivity index (χ4v) is 2.19. The lowest BCUT2D eigenvalue weighted by Gasteiger charge is -2.39. The van der Waals surface area contributed by atoms with Crippen molar-refractivity contribution in [1.29, 1.82) is 0 Å². The van der Waals surface area contributed by atoms with Gasteiger partial charge in [-0.05, 0) is 19.8 Å². The van der Waals surface area contributed by atoms with Gasteiger partial charge in [0.25, 0.3) is 0 Å². The van der Waals surface area contributed by atoms with Gasteiger partial charge in [-0.1, -0.05) is 0 Å². The van der Waals surface area contributed by atoms with Gasteiger partial charge in [-0.2, -0.15) is 0 Å². The van der Waals surface area contributed by atoms with Crippen LogP contribution in [0, 0.1) is 0 Å². The maximum absolute atomic E-state index is 9.44. The van der Waals surface area contributed by atoms with Gasteiger partial charge >= 0.3 is 0 Å². The van der Waals surface area contributed by atoms with Crippen LogP contribution in [0.5, 0.6) is 0 Å². The second kappa shape index (κ2) is 2.25. The average molecular weight is 170 g/mol. The quantitative estimate of drug-likeness (QED) is 0.688. The Morgan fingerprint density at radius 2 is 2.45 bits per heavy atom. The van der Waals surface area contributed by atoms with E-state index in [1.165, 1.54) is 0 Å². The number of hydrogen-bond donors (Lipinski definition) is 1. The molecule has 11 heavy (non-hydrogen) atoms. The second-order valence-corrected chi connectivity index (χ2v) is 4.24. The largest absolute Gasteiger partial charge is 0.390 e. The van der Waals surface area contributed by atoms with Crippen LogP contribution in [0.3, 0.4) is 0 Å². The molecule has 0 radical (unpaired) electrons. The summed E-state index contributed by atoms with van der Waals surface area (Å²) in [6.07, 6.45) is 1.67. The van der Waals surface area contributed by atoms with E-state index in [1.54, 1.807) is 16.8 Å². The molecule has 1 aromatic rings. The van der Waals surface area contributed by atoms with Crippen molar-refractivity contribution in [3.63, 3.8) is 0 Å². The molecule has 1 heterocycles. The molecular weight excluding hydrogens is 160 g/mol. The molecule has 0 spiro atoms. The van der Waals surface area contributed by atoms with Gasteiger partial charge < -0.3 is 5.11 Å². The van der Waals surface area contributed by atoms with Crippen molar-refractivity contribution >= 4 is 11.3 Å². The molecule has 2 rings (SSSR count). The van der Waals surface area contributed by atoms with Crippen LogP contribution in [-0.2, 0) is 0 Å². The number of nitrogens with zero attached hydrogens (tertiary/aromatic N) is 2. The van der Waals surface area contributed by atoms with Gasteiger partial charge in [0, 0.05) is 5.92 Å². The van der Waals surface area contributed by atoms with E-state index in [0.29, 0.717) is 5.92 Å². The minimum atomic E-state index is -0.448. The molecule has 1 aromatic heterocycles. The van der Waals surface area contributed by atoms with Crippen LogP contribution in [0.2, 0.25) is 0 Å². The van der Waals surface area contributed by atoms with E-state index in [2.05, 4.69) is 10.2 Å². The highest BCUT2D eigenvalue weighted by Gasteiger charge is 2.40. The van der Waals surface area contributed by atoms with Gasteiger partial charge in [-0.15, -0.1) is 21.5 Å². The normalized spacial score (nSPS) is 36.7. The third-order valence-electron chi connectivity index (χ3n) is 2.10. The zero-order valence-electron chi connectivity index (χ0n) is 6.32. The van der Waals surface area contributed by atoms with Crippen molar-refractivity contribution in [3.8, 4) is 0 Å². The SMILES string of the molecule is CC1(O)CC(c2nncs2)C1. The molecule has 0 bridgehead atoms. The predicted molar refractivity (Wildman–Crippen MR) is 42.5 cm³/mol. The third kappa shape index (κ3) is 1.28. The Morgan fingerprint density at radius 3 is 2.91 bits per heavy atom. The first-order chi connectivity index (χ1) is 5.17. The zero-order valence-corrected chi connectivity index (χ0v) is 7.14. The summed E-state index contributed by atoms with van der Waals surface area (Å²) in [5.41, 5.74) is 1.29. The summed E-state index contributed by atoms with van der Waals surface area (Å²) in [5.74, 6) is 0.456. The first-order valence-corrected chi connectivity index (χ1v) is 4.54. The van der Waals surface area contributed by atoms with Gasteiger partial charge in [0.2, 0.25) is 0 Å². The summed E-state index contributed by atoms with van der Waals surface area (Å²) < 4.78 is 0. The highest BCUT2D eigenvalue weighted by atomic mass is 32.1. The summed E-state index contributed by atoms with van der Waals surface area (Å²) in [6, 6.07) is 0. The lowest BCUT2D eigenvalue weighted by Crippen LogP contribution is -2.39. The van der Waals surface area contributed by atoms with Crippen LogP contribution in [0.1, 0.15) is 30.7 Å². The van der Waals surface area contributed by atoms with Gasteiger partial charge in [-0.25, -0.2) is 0 Å². The van der Waals surface area contributed by atoms with Gasteiger partial charge in [0.1, 0.15) is 10.5 Å². The van der Waals surface area contributed by atoms with Crippen LogP contribution in [0.15, 0.2) is 5.51 Å². The third-order valence-corrected chi connectivity index (χ3v) is 2.95. The van der Waals surface area contributed by atoms with Crippen LogP contribution in [0.25, 0.3) is 0 Å². The van der Waals surface area contributed by atoms with Crippen molar-refractivity contribution in [2.75, 3.05) is 0 Å². The molecule has 1 aliphatic rings. The first kappa shape index (κ1) is 7.18. The standard InChI is InChI=1S/C7H10N2OS/c1-7(10)2-5(3-7)6-9-8-4-11-6/h4-5,10H,2-3H2,1H3. The highest BCUT2D eigenvalue weighted by Crippen LogP contribution is 2.44. The molecule has 0 saturated heterocycles. The monoisotopic (exact) mass is 170 g/mol. The Kier molecular flexibility index (Phi) is 1.47. The van der Waals surface area contributed by atoms with E-state index in [4.69, 9.17) is 0 Å². The molecule has 60 valence electrons. The number of rotatable bonds is 1. The predicted octanol–water partition coefficient (Wildman–Crippen LogP) is 1.17. The van der Waals surface area contributed by atoms with Crippen molar-refractivity contribution < 1.29 is 5.11 Å². The zero-order chi connectivity index (χ0) is 7.90. The number of hydrogen-bond acceptors (Lipinski definition) is 4. The molecule has 1 N–H and O–H groups in total. The van der Waals surface area contributed by atoms with Crippen LogP contribution in [0.4, 0.5) is 0 Å². The average Bonchev–Trinajstić information content (AvgIpc) is 2.32. The summed E-state index contributed by atoms with van der Waals surface area (Å²) in [4.78, 5) is 0. The van der Waals surface area contributed by atoms with Gasteiger partial charge in [-0.3, -0.25) is 0 Å². The van der Waals surface area contributed by atoms with E-state index in [1.807, 2.05) is 6.92 Å². The van der Waals surface area contributed by atoms with E-state index in [-0.39, 0.29) is 0 Å². The minimum absolute atomic E-state index is 0.448. The Balaban J connectivity index is 2.03. The molecule has 3 nitrogen and oxygen atoms in total. The first-order valence-electron chi connectivity index (χ1n) is 3.66. The molecule has 0 unspecified atom stereocenters. The van der Waals surface area contributed by atoms with Crippen molar-refractivity contribution in [3.05, 3.63) is 10.5 Å². The van der Waals surface area contributed by atoms with Crippen molar-refractivity contribution in [1.82, 2.24) is 10.2 Å². The van der Waals surface area contributed by atoms with E-state index in [9.17, 15) is 5.11 Å². The smallest absolute Gasteiger partial charge is 0.120 e. The Bertz CT molecular complexity index is 237. The Labute approximate surface area is 69.1 Å². The maximum Gasteiger partial charge on any atom is 0.120 e. The molecule has 0 aromatic carbocycles. The molecule has 0 aliphatic heterocycles. The molecule has 1 aliphatic carbocycles. The number of aliphatic hydroxyl groups is 1. The lowest BCUT2D eigenvalue weighted by molar-refractivity contribution is -0.0314. The molecular formula is C7H10N2OS. The molecule has 4 heteroatoms. The second-order valence-electron chi connectivity index (χ2n) is 3.38. The summed E-state index contributed by atoms with van der Waals surface area (Å²) >= 11 is 1.57.